The summed E-state index contributed by atoms with van der Waals surface area (Å²) in [6, 6.07) is 10.3. The number of hydrogen-bond acceptors (Lipinski definition) is 3. The lowest BCUT2D eigenvalue weighted by molar-refractivity contribution is 0.448. The Hall–Kier alpha value is -1.99. The molecule has 0 amide bonds. The van der Waals surface area contributed by atoms with Crippen molar-refractivity contribution in [3.8, 4) is 0 Å². The van der Waals surface area contributed by atoms with Crippen LogP contribution in [-0.4, -0.2) is 19.8 Å². The molecule has 0 atom stereocenters. The van der Waals surface area contributed by atoms with Gasteiger partial charge in [-0.25, -0.2) is 17.2 Å². The highest BCUT2D eigenvalue weighted by molar-refractivity contribution is 7.89. The Morgan fingerprint density at radius 3 is 2.14 bits per heavy atom. The summed E-state index contributed by atoms with van der Waals surface area (Å²) in [5.74, 6) is -2.40. The lowest BCUT2D eigenvalue weighted by atomic mass is 10.2. The number of hydrogen-bond donors (Lipinski definition) is 1. The third-order valence-corrected chi connectivity index (χ3v) is 4.79. The molecule has 0 fully saturated rings. The van der Waals surface area contributed by atoms with Crippen LogP contribution in [0.1, 0.15) is 5.56 Å². The van der Waals surface area contributed by atoms with Crippen molar-refractivity contribution in [3.63, 3.8) is 0 Å². The zero-order chi connectivity index (χ0) is 15.6. The molecule has 21 heavy (non-hydrogen) atoms. The molecule has 0 aliphatic carbocycles. The Labute approximate surface area is 121 Å². The average Bonchev–Trinajstić information content (AvgIpc) is 2.38. The summed E-state index contributed by atoms with van der Waals surface area (Å²) in [5, 5.41) is 0. The minimum Gasteiger partial charge on any atom is -0.399 e. The van der Waals surface area contributed by atoms with Gasteiger partial charge < -0.3 is 5.73 Å². The highest BCUT2D eigenvalue weighted by Crippen LogP contribution is 2.25. The quantitative estimate of drug-likeness (QED) is 0.882. The van der Waals surface area contributed by atoms with Crippen molar-refractivity contribution in [1.29, 1.82) is 0 Å². The molecule has 0 aliphatic heterocycles. The van der Waals surface area contributed by atoms with Crippen molar-refractivity contribution in [2.45, 2.75) is 11.4 Å². The average molecular weight is 312 g/mol. The van der Waals surface area contributed by atoms with Crippen molar-refractivity contribution in [2.24, 2.45) is 0 Å². The maximum absolute atomic E-state index is 13.8. The predicted octanol–water partition coefficient (Wildman–Crippen LogP) is 2.37. The van der Waals surface area contributed by atoms with Gasteiger partial charge in [0.1, 0.15) is 11.6 Å². The summed E-state index contributed by atoms with van der Waals surface area (Å²) in [6.07, 6.45) is 0. The van der Waals surface area contributed by atoms with Crippen molar-refractivity contribution < 1.29 is 17.2 Å². The highest BCUT2D eigenvalue weighted by atomic mass is 32.2. The minimum absolute atomic E-state index is 0.00638. The van der Waals surface area contributed by atoms with Gasteiger partial charge in [-0.3, -0.25) is 0 Å². The van der Waals surface area contributed by atoms with Gasteiger partial charge in [-0.2, -0.15) is 4.31 Å². The van der Waals surface area contributed by atoms with E-state index in [1.54, 1.807) is 30.3 Å². The van der Waals surface area contributed by atoms with Crippen LogP contribution in [0.25, 0.3) is 0 Å². The van der Waals surface area contributed by atoms with Gasteiger partial charge in [-0.05, 0) is 17.7 Å². The first-order valence-corrected chi connectivity index (χ1v) is 7.51. The first-order valence-electron chi connectivity index (χ1n) is 6.07. The van der Waals surface area contributed by atoms with Crippen LogP contribution >= 0.6 is 0 Å². The number of sulfonamides is 1. The molecule has 0 aliphatic rings. The van der Waals surface area contributed by atoms with E-state index in [0.717, 1.165) is 16.4 Å². The smallest absolute Gasteiger partial charge is 0.248 e. The van der Waals surface area contributed by atoms with E-state index in [4.69, 9.17) is 5.73 Å². The Morgan fingerprint density at radius 1 is 1.10 bits per heavy atom. The minimum atomic E-state index is -4.29. The number of nitrogen functional groups attached to an aromatic ring is 1. The number of nitrogens with two attached hydrogens (primary N) is 1. The van der Waals surface area contributed by atoms with Crippen LogP contribution in [0.2, 0.25) is 0 Å². The first-order chi connectivity index (χ1) is 9.82. The van der Waals surface area contributed by atoms with Gasteiger partial charge in [-0.15, -0.1) is 0 Å². The summed E-state index contributed by atoms with van der Waals surface area (Å²) >= 11 is 0. The third kappa shape index (κ3) is 3.20. The maximum Gasteiger partial charge on any atom is 0.248 e. The van der Waals surface area contributed by atoms with Gasteiger partial charge in [0, 0.05) is 19.3 Å². The molecular formula is C14H14F2N2O2S. The SMILES string of the molecule is CN(Cc1ccccc1)S(=O)(=O)c1c(F)cc(N)cc1F. The van der Waals surface area contributed by atoms with E-state index in [-0.39, 0.29) is 12.2 Å². The fraction of sp³-hybridized carbons (Fsp3) is 0.143. The van der Waals surface area contributed by atoms with Crippen LogP contribution in [-0.2, 0) is 16.6 Å². The summed E-state index contributed by atoms with van der Waals surface area (Å²) < 4.78 is 53.0. The molecule has 0 aromatic heterocycles. The molecule has 0 unspecified atom stereocenters. The molecule has 2 rings (SSSR count). The van der Waals surface area contributed by atoms with E-state index in [1.807, 2.05) is 0 Å². The molecule has 0 spiro atoms. The van der Waals surface area contributed by atoms with E-state index >= 15 is 0 Å². The molecule has 112 valence electrons. The number of nitrogens with zero attached hydrogens (tertiary/aromatic N) is 1. The Bertz CT molecular complexity index is 726. The Kier molecular flexibility index (Phi) is 4.24. The van der Waals surface area contributed by atoms with Gasteiger partial charge >= 0.3 is 0 Å². The first kappa shape index (κ1) is 15.4. The van der Waals surface area contributed by atoms with E-state index < -0.39 is 26.6 Å². The molecular weight excluding hydrogens is 298 g/mol. The topological polar surface area (TPSA) is 63.4 Å². The van der Waals surface area contributed by atoms with Crippen LogP contribution in [0.15, 0.2) is 47.4 Å². The van der Waals surface area contributed by atoms with E-state index in [1.165, 1.54) is 7.05 Å². The second kappa shape index (κ2) is 5.79. The van der Waals surface area contributed by atoms with Crippen LogP contribution in [0.5, 0.6) is 0 Å². The number of halogens is 2. The molecule has 2 aromatic rings. The predicted molar refractivity (Wildman–Crippen MR) is 75.9 cm³/mol. The molecule has 7 heteroatoms. The summed E-state index contributed by atoms with van der Waals surface area (Å²) in [4.78, 5) is -0.991. The maximum atomic E-state index is 13.8. The van der Waals surface area contributed by atoms with Crippen LogP contribution in [0.4, 0.5) is 14.5 Å². The molecule has 2 aromatic carbocycles. The Balaban J connectivity index is 2.38. The normalized spacial score (nSPS) is 11.8. The summed E-state index contributed by atoms with van der Waals surface area (Å²) in [6.45, 7) is 0.00638. The zero-order valence-corrected chi connectivity index (χ0v) is 12.1. The van der Waals surface area contributed by atoms with Crippen molar-refractivity contribution in [1.82, 2.24) is 4.31 Å². The highest BCUT2D eigenvalue weighted by Gasteiger charge is 2.28. The van der Waals surface area contributed by atoms with Gasteiger partial charge in [0.05, 0.1) is 0 Å². The molecule has 0 radical (unpaired) electrons. The number of benzene rings is 2. The van der Waals surface area contributed by atoms with Crippen molar-refractivity contribution in [3.05, 3.63) is 59.7 Å². The van der Waals surface area contributed by atoms with Crippen LogP contribution in [0, 0.1) is 11.6 Å². The monoisotopic (exact) mass is 312 g/mol. The van der Waals surface area contributed by atoms with E-state index in [0.29, 0.717) is 5.56 Å². The largest absolute Gasteiger partial charge is 0.399 e. The zero-order valence-electron chi connectivity index (χ0n) is 11.3. The molecule has 0 bridgehead atoms. The number of rotatable bonds is 4. The van der Waals surface area contributed by atoms with E-state index in [9.17, 15) is 17.2 Å². The molecule has 0 saturated heterocycles. The fourth-order valence-electron chi connectivity index (χ4n) is 1.91. The van der Waals surface area contributed by atoms with E-state index in [2.05, 4.69) is 0 Å². The Morgan fingerprint density at radius 2 is 1.62 bits per heavy atom. The lowest BCUT2D eigenvalue weighted by Gasteiger charge is -2.18. The molecule has 0 saturated carbocycles. The molecule has 0 heterocycles. The number of anilines is 1. The van der Waals surface area contributed by atoms with Gasteiger partial charge in [0.25, 0.3) is 0 Å². The lowest BCUT2D eigenvalue weighted by Crippen LogP contribution is -2.28. The fourth-order valence-corrected chi connectivity index (χ4v) is 3.15. The van der Waals surface area contributed by atoms with Gasteiger partial charge in [0.2, 0.25) is 10.0 Å². The third-order valence-electron chi connectivity index (χ3n) is 2.94. The summed E-state index contributed by atoms with van der Waals surface area (Å²) in [7, 11) is -3.03. The van der Waals surface area contributed by atoms with Crippen molar-refractivity contribution in [2.75, 3.05) is 12.8 Å². The summed E-state index contributed by atoms with van der Waals surface area (Å²) in [5.41, 5.74) is 5.82. The standard InChI is InChI=1S/C14H14F2N2O2S/c1-18(9-10-5-3-2-4-6-10)21(19,20)14-12(15)7-11(17)8-13(14)16/h2-8H,9,17H2,1H3. The molecule has 2 N–H and O–H groups in total. The van der Waals surface area contributed by atoms with Crippen LogP contribution < -0.4 is 5.73 Å². The second-order valence-electron chi connectivity index (χ2n) is 4.56. The second-order valence-corrected chi connectivity index (χ2v) is 6.54. The van der Waals surface area contributed by atoms with Crippen molar-refractivity contribution >= 4 is 15.7 Å². The van der Waals surface area contributed by atoms with Gasteiger partial charge in [-0.1, -0.05) is 30.3 Å². The van der Waals surface area contributed by atoms with Crippen LogP contribution in [0.3, 0.4) is 0 Å². The molecule has 4 nitrogen and oxygen atoms in total. The van der Waals surface area contributed by atoms with Gasteiger partial charge in [0.15, 0.2) is 4.90 Å².